The van der Waals surface area contributed by atoms with Crippen molar-refractivity contribution in [3.63, 3.8) is 0 Å². The second-order valence-electron chi connectivity index (χ2n) is 3.80. The van der Waals surface area contributed by atoms with Gasteiger partial charge in [0.05, 0.1) is 5.56 Å². The first-order valence-electron chi connectivity index (χ1n) is 5.29. The number of anilines is 1. The van der Waals surface area contributed by atoms with Crippen LogP contribution in [-0.4, -0.2) is 16.0 Å². The van der Waals surface area contributed by atoms with E-state index in [4.69, 9.17) is 0 Å². The minimum Gasteiger partial charge on any atom is -0.507 e. The summed E-state index contributed by atoms with van der Waals surface area (Å²) < 4.78 is 12.8. The molecule has 0 bridgehead atoms. The summed E-state index contributed by atoms with van der Waals surface area (Å²) in [6.07, 6.45) is 1.56. The number of carbonyl (C=O) groups excluding carboxylic acids is 1. The number of phenolic OH excluding ortho intramolecular Hbond substituents is 1. The van der Waals surface area contributed by atoms with Crippen molar-refractivity contribution in [2.24, 2.45) is 0 Å². The monoisotopic (exact) mass is 246 g/mol. The van der Waals surface area contributed by atoms with Gasteiger partial charge in [-0.3, -0.25) is 9.78 Å². The van der Waals surface area contributed by atoms with Gasteiger partial charge in [0.2, 0.25) is 0 Å². The third kappa shape index (κ3) is 2.63. The van der Waals surface area contributed by atoms with Crippen LogP contribution in [0.5, 0.6) is 5.75 Å². The maximum Gasteiger partial charge on any atom is 0.259 e. The molecule has 1 aromatic carbocycles. The molecule has 1 amide bonds. The fourth-order valence-electron chi connectivity index (χ4n) is 1.52. The molecule has 0 radical (unpaired) electrons. The molecule has 2 N–H and O–H groups in total. The van der Waals surface area contributed by atoms with Gasteiger partial charge in [0.15, 0.2) is 0 Å². The lowest BCUT2D eigenvalue weighted by atomic mass is 10.2. The Kier molecular flexibility index (Phi) is 3.23. The topological polar surface area (TPSA) is 62.2 Å². The zero-order valence-corrected chi connectivity index (χ0v) is 9.64. The number of hydrogen-bond acceptors (Lipinski definition) is 3. The molecule has 1 aromatic heterocycles. The van der Waals surface area contributed by atoms with Crippen LogP contribution in [0.2, 0.25) is 0 Å². The van der Waals surface area contributed by atoms with Crippen molar-refractivity contribution in [2.75, 3.05) is 5.32 Å². The van der Waals surface area contributed by atoms with Crippen molar-refractivity contribution in [3.05, 3.63) is 53.6 Å². The van der Waals surface area contributed by atoms with Gasteiger partial charge >= 0.3 is 0 Å². The third-order valence-corrected chi connectivity index (χ3v) is 2.36. The van der Waals surface area contributed by atoms with E-state index in [2.05, 4.69) is 10.3 Å². The maximum atomic E-state index is 12.8. The number of amides is 1. The van der Waals surface area contributed by atoms with E-state index in [1.54, 1.807) is 25.3 Å². The molecule has 4 nitrogen and oxygen atoms in total. The number of halogens is 1. The summed E-state index contributed by atoms with van der Waals surface area (Å²) in [4.78, 5) is 15.8. The average molecular weight is 246 g/mol. The quantitative estimate of drug-likeness (QED) is 0.855. The highest BCUT2D eigenvalue weighted by Crippen LogP contribution is 2.19. The minimum absolute atomic E-state index is 0.0193. The van der Waals surface area contributed by atoms with Gasteiger partial charge in [0.1, 0.15) is 11.6 Å². The summed E-state index contributed by atoms with van der Waals surface area (Å²) in [6.45, 7) is 1.80. The van der Waals surface area contributed by atoms with Gasteiger partial charge in [-0.05, 0) is 31.2 Å². The predicted octanol–water partition coefficient (Wildman–Crippen LogP) is 2.49. The van der Waals surface area contributed by atoms with Crippen LogP contribution in [0.4, 0.5) is 10.1 Å². The molecule has 2 rings (SSSR count). The Bertz CT molecular complexity index is 599. The number of aromatic hydroxyl groups is 1. The van der Waals surface area contributed by atoms with E-state index in [9.17, 15) is 14.3 Å². The summed E-state index contributed by atoms with van der Waals surface area (Å²) in [6, 6.07) is 6.57. The fourth-order valence-corrected chi connectivity index (χ4v) is 1.52. The Labute approximate surface area is 103 Å². The van der Waals surface area contributed by atoms with Crippen molar-refractivity contribution in [3.8, 4) is 5.75 Å². The van der Waals surface area contributed by atoms with E-state index >= 15 is 0 Å². The van der Waals surface area contributed by atoms with Crippen LogP contribution in [0, 0.1) is 12.7 Å². The van der Waals surface area contributed by atoms with Crippen LogP contribution in [0.3, 0.4) is 0 Å². The largest absolute Gasteiger partial charge is 0.507 e. The predicted molar refractivity (Wildman–Crippen MR) is 65.0 cm³/mol. The van der Waals surface area contributed by atoms with Crippen molar-refractivity contribution in [1.29, 1.82) is 0 Å². The highest BCUT2D eigenvalue weighted by atomic mass is 19.1. The lowest BCUT2D eigenvalue weighted by Crippen LogP contribution is -2.12. The number of aryl methyl sites for hydroxylation is 1. The molecular formula is C13H11FN2O2. The van der Waals surface area contributed by atoms with Gasteiger partial charge in [-0.15, -0.1) is 0 Å². The molecule has 0 saturated heterocycles. The number of aromatic nitrogens is 1. The van der Waals surface area contributed by atoms with Crippen LogP contribution in [0.1, 0.15) is 16.1 Å². The highest BCUT2D eigenvalue weighted by molar-refractivity contribution is 6.06. The molecule has 92 valence electrons. The fraction of sp³-hybridized carbons (Fsp3) is 0.0769. The number of nitrogens with one attached hydrogen (secondary N) is 1. The number of nitrogens with zero attached hydrogens (tertiary/aromatic N) is 1. The summed E-state index contributed by atoms with van der Waals surface area (Å²) in [5.41, 5.74) is 1.35. The van der Waals surface area contributed by atoms with Gasteiger partial charge in [0.25, 0.3) is 5.91 Å². The van der Waals surface area contributed by atoms with E-state index in [-0.39, 0.29) is 5.56 Å². The molecule has 0 unspecified atom stereocenters. The van der Waals surface area contributed by atoms with Gasteiger partial charge in [-0.2, -0.15) is 0 Å². The number of benzene rings is 1. The van der Waals surface area contributed by atoms with Gasteiger partial charge in [-0.25, -0.2) is 4.39 Å². The SMILES string of the molecule is Cc1cc(NC(=O)c2ccc(F)cc2O)ccn1. The minimum atomic E-state index is -0.594. The second kappa shape index (κ2) is 4.83. The zero-order chi connectivity index (χ0) is 13.1. The van der Waals surface area contributed by atoms with Crippen LogP contribution >= 0.6 is 0 Å². The summed E-state index contributed by atoms with van der Waals surface area (Å²) in [5.74, 6) is -1.49. The molecule has 18 heavy (non-hydrogen) atoms. The normalized spacial score (nSPS) is 10.1. The van der Waals surface area contributed by atoms with E-state index in [0.29, 0.717) is 5.69 Å². The molecular weight excluding hydrogens is 235 g/mol. The van der Waals surface area contributed by atoms with E-state index in [1.165, 1.54) is 6.07 Å². The van der Waals surface area contributed by atoms with Gasteiger partial charge in [0, 0.05) is 23.6 Å². The Hall–Kier alpha value is -2.43. The number of pyridine rings is 1. The third-order valence-electron chi connectivity index (χ3n) is 2.36. The summed E-state index contributed by atoms with van der Waals surface area (Å²) in [5, 5.41) is 12.1. The summed E-state index contributed by atoms with van der Waals surface area (Å²) in [7, 11) is 0. The van der Waals surface area contributed by atoms with Crippen molar-refractivity contribution >= 4 is 11.6 Å². The standard InChI is InChI=1S/C13H11FN2O2/c1-8-6-10(4-5-15-8)16-13(18)11-3-2-9(14)7-12(11)17/h2-7,17H,1H3,(H,15,16,18). The van der Waals surface area contributed by atoms with E-state index in [1.807, 2.05) is 0 Å². The molecule has 0 aliphatic rings. The number of hydrogen-bond donors (Lipinski definition) is 2. The first kappa shape index (κ1) is 12.0. The lowest BCUT2D eigenvalue weighted by Gasteiger charge is -2.07. The van der Waals surface area contributed by atoms with Crippen molar-refractivity contribution in [2.45, 2.75) is 6.92 Å². The zero-order valence-electron chi connectivity index (χ0n) is 9.64. The molecule has 0 spiro atoms. The molecule has 0 aliphatic heterocycles. The molecule has 0 saturated carbocycles. The summed E-state index contributed by atoms with van der Waals surface area (Å²) >= 11 is 0. The second-order valence-corrected chi connectivity index (χ2v) is 3.80. The number of rotatable bonds is 2. The van der Waals surface area contributed by atoms with E-state index < -0.39 is 17.5 Å². The first-order valence-corrected chi connectivity index (χ1v) is 5.29. The highest BCUT2D eigenvalue weighted by Gasteiger charge is 2.12. The molecule has 0 aliphatic carbocycles. The van der Waals surface area contributed by atoms with Gasteiger partial charge < -0.3 is 10.4 Å². The molecule has 0 fully saturated rings. The Morgan fingerprint density at radius 1 is 1.33 bits per heavy atom. The number of carbonyl (C=O) groups is 1. The maximum absolute atomic E-state index is 12.8. The van der Waals surface area contributed by atoms with Crippen molar-refractivity contribution in [1.82, 2.24) is 4.98 Å². The molecule has 1 heterocycles. The van der Waals surface area contributed by atoms with E-state index in [0.717, 1.165) is 17.8 Å². The molecule has 2 aromatic rings. The number of phenols is 1. The lowest BCUT2D eigenvalue weighted by molar-refractivity contribution is 0.102. The van der Waals surface area contributed by atoms with Crippen LogP contribution in [0.15, 0.2) is 36.5 Å². The molecule has 0 atom stereocenters. The van der Waals surface area contributed by atoms with Gasteiger partial charge in [-0.1, -0.05) is 0 Å². The first-order chi connectivity index (χ1) is 8.56. The van der Waals surface area contributed by atoms with Crippen molar-refractivity contribution < 1.29 is 14.3 Å². The van der Waals surface area contributed by atoms with Crippen LogP contribution < -0.4 is 5.32 Å². The molecule has 5 heteroatoms. The van der Waals surface area contributed by atoms with Crippen LogP contribution in [0.25, 0.3) is 0 Å². The Balaban J connectivity index is 2.22. The average Bonchev–Trinajstić information content (AvgIpc) is 2.28. The Morgan fingerprint density at radius 3 is 2.78 bits per heavy atom. The Morgan fingerprint density at radius 2 is 2.11 bits per heavy atom. The smallest absolute Gasteiger partial charge is 0.259 e. The van der Waals surface area contributed by atoms with Crippen LogP contribution in [-0.2, 0) is 0 Å².